The maximum Gasteiger partial charge on any atom is 0.246 e. The number of phenolic OH excluding ortho intramolecular Hbond substituents is 1. The third kappa shape index (κ3) is 3.98. The van der Waals surface area contributed by atoms with Crippen LogP contribution in [0.15, 0.2) is 24.3 Å². The second-order valence-corrected chi connectivity index (χ2v) is 5.21. The summed E-state index contributed by atoms with van der Waals surface area (Å²) < 4.78 is 5.01. The van der Waals surface area contributed by atoms with Crippen LogP contribution in [0.25, 0.3) is 6.08 Å². The molecule has 1 aromatic rings. The largest absolute Gasteiger partial charge is 0.507 e. The van der Waals surface area contributed by atoms with Gasteiger partial charge in [0.2, 0.25) is 5.91 Å². The van der Waals surface area contributed by atoms with E-state index in [1.165, 1.54) is 19.3 Å². The number of carbonyl (C=O) groups excluding carboxylic acids is 1. The van der Waals surface area contributed by atoms with Gasteiger partial charge in [0.05, 0.1) is 7.11 Å². The Morgan fingerprint density at radius 2 is 2.14 bits per heavy atom. The van der Waals surface area contributed by atoms with Gasteiger partial charge < -0.3 is 19.8 Å². The van der Waals surface area contributed by atoms with E-state index in [-0.39, 0.29) is 18.3 Å². The summed E-state index contributed by atoms with van der Waals surface area (Å²) in [4.78, 5) is 13.8. The first-order chi connectivity index (χ1) is 10.1. The van der Waals surface area contributed by atoms with E-state index < -0.39 is 0 Å². The van der Waals surface area contributed by atoms with Gasteiger partial charge >= 0.3 is 0 Å². The van der Waals surface area contributed by atoms with Crippen molar-refractivity contribution in [2.45, 2.75) is 12.8 Å². The molecule has 1 heterocycles. The summed E-state index contributed by atoms with van der Waals surface area (Å²) in [5, 5.41) is 18.9. The van der Waals surface area contributed by atoms with E-state index in [2.05, 4.69) is 0 Å². The minimum atomic E-state index is -0.0680. The number of benzene rings is 1. The molecule has 2 N–H and O–H groups in total. The average molecular weight is 291 g/mol. The molecule has 0 bridgehead atoms. The Morgan fingerprint density at radius 1 is 1.43 bits per heavy atom. The fourth-order valence-electron chi connectivity index (χ4n) is 2.39. The zero-order valence-electron chi connectivity index (χ0n) is 12.2. The second kappa shape index (κ2) is 7.13. The standard InChI is InChI=1S/C16H21NO4/c1-21-14-4-2-13(15(19)10-14)3-5-16(20)17-8-6-12(11-18)7-9-17/h2-5,10,12,18-19H,6-9,11H2,1H3. The topological polar surface area (TPSA) is 70.0 Å². The van der Waals surface area contributed by atoms with Crippen LogP contribution in [0.4, 0.5) is 0 Å². The summed E-state index contributed by atoms with van der Waals surface area (Å²) in [6.07, 6.45) is 4.75. The van der Waals surface area contributed by atoms with E-state index in [4.69, 9.17) is 9.84 Å². The number of aliphatic hydroxyl groups is 1. The van der Waals surface area contributed by atoms with Gasteiger partial charge in [0.25, 0.3) is 0 Å². The second-order valence-electron chi connectivity index (χ2n) is 5.21. The molecule has 0 aromatic heterocycles. The summed E-state index contributed by atoms with van der Waals surface area (Å²) in [5.74, 6) is 0.893. The molecule has 1 saturated heterocycles. The Balaban J connectivity index is 1.96. The first-order valence-electron chi connectivity index (χ1n) is 7.09. The number of aromatic hydroxyl groups is 1. The summed E-state index contributed by atoms with van der Waals surface area (Å²) in [7, 11) is 1.53. The van der Waals surface area contributed by atoms with Crippen LogP contribution in [0, 0.1) is 5.92 Å². The SMILES string of the molecule is COc1ccc(C=CC(=O)N2CCC(CO)CC2)c(O)c1. The van der Waals surface area contributed by atoms with Gasteiger partial charge in [-0.15, -0.1) is 0 Å². The highest BCUT2D eigenvalue weighted by atomic mass is 16.5. The number of ether oxygens (including phenoxy) is 1. The van der Waals surface area contributed by atoms with E-state index in [1.807, 2.05) is 0 Å². The normalized spacial score (nSPS) is 16.4. The van der Waals surface area contributed by atoms with Crippen LogP contribution in [0.2, 0.25) is 0 Å². The number of rotatable bonds is 4. The minimum absolute atomic E-state index is 0.0680. The molecule has 1 aliphatic heterocycles. The Hall–Kier alpha value is -2.01. The lowest BCUT2D eigenvalue weighted by Crippen LogP contribution is -2.38. The van der Waals surface area contributed by atoms with Gasteiger partial charge in [0.1, 0.15) is 11.5 Å². The summed E-state index contributed by atoms with van der Waals surface area (Å²) in [6.45, 7) is 1.53. The van der Waals surface area contributed by atoms with Gasteiger partial charge in [-0.1, -0.05) is 0 Å². The van der Waals surface area contributed by atoms with Crippen LogP contribution < -0.4 is 4.74 Å². The first-order valence-corrected chi connectivity index (χ1v) is 7.09. The number of carbonyl (C=O) groups is 1. The molecular weight excluding hydrogens is 270 g/mol. The molecule has 0 unspecified atom stereocenters. The predicted octanol–water partition coefficient (Wildman–Crippen LogP) is 1.64. The molecule has 1 fully saturated rings. The van der Waals surface area contributed by atoms with Crippen LogP contribution >= 0.6 is 0 Å². The molecule has 114 valence electrons. The molecule has 1 aliphatic rings. The Kier molecular flexibility index (Phi) is 5.22. The van der Waals surface area contributed by atoms with Crippen molar-refractivity contribution >= 4 is 12.0 Å². The van der Waals surface area contributed by atoms with Crippen molar-refractivity contribution in [3.05, 3.63) is 29.8 Å². The van der Waals surface area contributed by atoms with Crippen molar-refractivity contribution in [3.8, 4) is 11.5 Å². The number of likely N-dealkylation sites (tertiary alicyclic amines) is 1. The molecule has 2 rings (SSSR count). The summed E-state index contributed by atoms with van der Waals surface area (Å²) in [5.41, 5.74) is 0.578. The minimum Gasteiger partial charge on any atom is -0.507 e. The maximum atomic E-state index is 12.1. The molecular formula is C16H21NO4. The molecule has 5 nitrogen and oxygen atoms in total. The van der Waals surface area contributed by atoms with E-state index in [0.29, 0.717) is 30.3 Å². The molecule has 1 amide bonds. The van der Waals surface area contributed by atoms with Gasteiger partial charge in [-0.05, 0) is 37.0 Å². The zero-order valence-corrected chi connectivity index (χ0v) is 12.2. The van der Waals surface area contributed by atoms with Crippen molar-refractivity contribution in [2.24, 2.45) is 5.92 Å². The van der Waals surface area contributed by atoms with Crippen molar-refractivity contribution in [1.29, 1.82) is 0 Å². The molecule has 0 atom stereocenters. The highest BCUT2D eigenvalue weighted by molar-refractivity contribution is 5.92. The van der Waals surface area contributed by atoms with Gasteiger partial charge in [0, 0.05) is 37.4 Å². The number of hydrogen-bond acceptors (Lipinski definition) is 4. The maximum absolute atomic E-state index is 12.1. The molecule has 0 radical (unpaired) electrons. The van der Waals surface area contributed by atoms with Gasteiger partial charge in [-0.3, -0.25) is 4.79 Å². The zero-order chi connectivity index (χ0) is 15.2. The molecule has 21 heavy (non-hydrogen) atoms. The van der Waals surface area contributed by atoms with Crippen LogP contribution in [0.1, 0.15) is 18.4 Å². The van der Waals surface area contributed by atoms with Crippen molar-refractivity contribution < 1.29 is 19.7 Å². The number of aliphatic hydroxyl groups excluding tert-OH is 1. The Labute approximate surface area is 124 Å². The lowest BCUT2D eigenvalue weighted by Gasteiger charge is -2.30. The fourth-order valence-corrected chi connectivity index (χ4v) is 2.39. The quantitative estimate of drug-likeness (QED) is 0.828. The Bertz CT molecular complexity index is 519. The summed E-state index contributed by atoms with van der Waals surface area (Å²) in [6, 6.07) is 4.95. The Morgan fingerprint density at radius 3 is 2.71 bits per heavy atom. The lowest BCUT2D eigenvalue weighted by atomic mass is 9.98. The molecule has 1 aromatic carbocycles. The van der Waals surface area contributed by atoms with Gasteiger partial charge in [-0.2, -0.15) is 0 Å². The number of piperidine rings is 1. The molecule has 0 saturated carbocycles. The number of phenols is 1. The number of hydrogen-bond donors (Lipinski definition) is 2. The van der Waals surface area contributed by atoms with Crippen LogP contribution in [0.5, 0.6) is 11.5 Å². The van der Waals surface area contributed by atoms with E-state index in [0.717, 1.165) is 12.8 Å². The van der Waals surface area contributed by atoms with Crippen molar-refractivity contribution in [1.82, 2.24) is 4.90 Å². The monoisotopic (exact) mass is 291 g/mol. The first kappa shape index (κ1) is 15.4. The number of methoxy groups -OCH3 is 1. The lowest BCUT2D eigenvalue weighted by molar-refractivity contribution is -0.127. The number of nitrogens with zero attached hydrogens (tertiary/aromatic N) is 1. The number of amides is 1. The third-order valence-corrected chi connectivity index (χ3v) is 3.83. The smallest absolute Gasteiger partial charge is 0.246 e. The van der Waals surface area contributed by atoms with Gasteiger partial charge in [-0.25, -0.2) is 0 Å². The molecule has 5 heteroatoms. The average Bonchev–Trinajstić information content (AvgIpc) is 2.53. The van der Waals surface area contributed by atoms with E-state index in [9.17, 15) is 9.90 Å². The molecule has 0 spiro atoms. The highest BCUT2D eigenvalue weighted by Gasteiger charge is 2.20. The van der Waals surface area contributed by atoms with Crippen molar-refractivity contribution in [2.75, 3.05) is 26.8 Å². The third-order valence-electron chi connectivity index (χ3n) is 3.83. The van der Waals surface area contributed by atoms with Crippen LogP contribution in [-0.4, -0.2) is 47.8 Å². The summed E-state index contributed by atoms with van der Waals surface area (Å²) >= 11 is 0. The highest BCUT2D eigenvalue weighted by Crippen LogP contribution is 2.24. The predicted molar refractivity (Wildman–Crippen MR) is 80.1 cm³/mol. The van der Waals surface area contributed by atoms with Gasteiger partial charge in [0.15, 0.2) is 0 Å². The fraction of sp³-hybridized carbons (Fsp3) is 0.438. The van der Waals surface area contributed by atoms with E-state index in [1.54, 1.807) is 23.1 Å². The van der Waals surface area contributed by atoms with Crippen LogP contribution in [-0.2, 0) is 4.79 Å². The molecule has 0 aliphatic carbocycles. The van der Waals surface area contributed by atoms with Crippen molar-refractivity contribution in [3.63, 3.8) is 0 Å². The van der Waals surface area contributed by atoms with Crippen LogP contribution in [0.3, 0.4) is 0 Å². The van der Waals surface area contributed by atoms with E-state index >= 15 is 0 Å².